The summed E-state index contributed by atoms with van der Waals surface area (Å²) in [4.78, 5) is 22.7. The summed E-state index contributed by atoms with van der Waals surface area (Å²) in [5, 5.41) is 0. The summed E-state index contributed by atoms with van der Waals surface area (Å²) in [6.07, 6.45) is 2.08. The minimum absolute atomic E-state index is 0.103. The fourth-order valence-corrected chi connectivity index (χ4v) is 1.39. The number of aldehydes is 1. The Labute approximate surface area is 105 Å². The van der Waals surface area contributed by atoms with Crippen molar-refractivity contribution in [1.29, 1.82) is 0 Å². The van der Waals surface area contributed by atoms with Crippen LogP contribution in [0.2, 0.25) is 0 Å². The lowest BCUT2D eigenvalue weighted by Gasteiger charge is -2.12. The number of benzene rings is 1. The summed E-state index contributed by atoms with van der Waals surface area (Å²) in [5.41, 5.74) is 0.232. The monoisotopic (exact) mass is 250 g/mol. The van der Waals surface area contributed by atoms with Gasteiger partial charge in [0.2, 0.25) is 0 Å². The summed E-state index contributed by atoms with van der Waals surface area (Å²) in [6, 6.07) is 2.95. The fourth-order valence-electron chi connectivity index (χ4n) is 1.39. The third kappa shape index (κ3) is 2.88. The summed E-state index contributed by atoms with van der Waals surface area (Å²) < 4.78 is 15.0. The van der Waals surface area contributed by atoms with E-state index >= 15 is 0 Å². The number of esters is 1. The van der Waals surface area contributed by atoms with Crippen LogP contribution < -0.4 is 9.47 Å². The van der Waals surface area contributed by atoms with Gasteiger partial charge in [-0.05, 0) is 6.07 Å². The van der Waals surface area contributed by atoms with E-state index in [1.54, 1.807) is 0 Å². The first-order valence-electron chi connectivity index (χ1n) is 5.17. The van der Waals surface area contributed by atoms with E-state index in [0.717, 1.165) is 0 Å². The van der Waals surface area contributed by atoms with Crippen molar-refractivity contribution in [3.63, 3.8) is 0 Å². The zero-order valence-corrected chi connectivity index (χ0v) is 10.3. The molecule has 0 bridgehead atoms. The van der Waals surface area contributed by atoms with Gasteiger partial charge in [0.25, 0.3) is 0 Å². The second kappa shape index (κ2) is 6.44. The summed E-state index contributed by atoms with van der Waals surface area (Å²) in [5.74, 6) is 0.0316. The Balaban J connectivity index is 3.34. The van der Waals surface area contributed by atoms with Crippen LogP contribution in [0.15, 0.2) is 24.8 Å². The molecule has 0 fully saturated rings. The molecule has 0 amide bonds. The Morgan fingerprint density at radius 1 is 1.39 bits per heavy atom. The van der Waals surface area contributed by atoms with E-state index in [9.17, 15) is 9.59 Å². The van der Waals surface area contributed by atoms with Crippen LogP contribution in [0.1, 0.15) is 20.7 Å². The molecule has 0 radical (unpaired) electrons. The van der Waals surface area contributed by atoms with Crippen molar-refractivity contribution in [2.75, 3.05) is 20.8 Å². The molecule has 18 heavy (non-hydrogen) atoms. The van der Waals surface area contributed by atoms with Gasteiger partial charge in [0.05, 0.1) is 25.3 Å². The molecule has 0 aliphatic rings. The highest BCUT2D eigenvalue weighted by Crippen LogP contribution is 2.28. The average molecular weight is 250 g/mol. The average Bonchev–Trinajstić information content (AvgIpc) is 2.42. The van der Waals surface area contributed by atoms with E-state index in [-0.39, 0.29) is 23.5 Å². The standard InChI is InChI=1S/C13H14O5/c1-4-5-18-12-7-9(16-2)6-10(11(12)8-14)13(15)17-3/h4,6-8H,1,5H2,2-3H3. The third-order valence-corrected chi connectivity index (χ3v) is 2.23. The number of hydrogen-bond acceptors (Lipinski definition) is 5. The third-order valence-electron chi connectivity index (χ3n) is 2.23. The van der Waals surface area contributed by atoms with E-state index in [1.807, 2.05) is 0 Å². The van der Waals surface area contributed by atoms with Crippen LogP contribution in [0.5, 0.6) is 11.5 Å². The zero-order valence-electron chi connectivity index (χ0n) is 10.3. The van der Waals surface area contributed by atoms with Gasteiger partial charge in [-0.2, -0.15) is 0 Å². The normalized spacial score (nSPS) is 9.44. The number of carbonyl (C=O) groups is 2. The number of rotatable bonds is 6. The predicted molar refractivity (Wildman–Crippen MR) is 65.4 cm³/mol. The Morgan fingerprint density at radius 2 is 2.11 bits per heavy atom. The minimum Gasteiger partial charge on any atom is -0.497 e. The Hall–Kier alpha value is -2.30. The summed E-state index contributed by atoms with van der Waals surface area (Å²) in [6.45, 7) is 3.73. The van der Waals surface area contributed by atoms with Gasteiger partial charge in [0.1, 0.15) is 18.1 Å². The van der Waals surface area contributed by atoms with Crippen LogP contribution in [-0.2, 0) is 4.74 Å². The first-order chi connectivity index (χ1) is 8.67. The van der Waals surface area contributed by atoms with E-state index in [1.165, 1.54) is 32.4 Å². The number of methoxy groups -OCH3 is 2. The molecular formula is C13H14O5. The van der Waals surface area contributed by atoms with Crippen LogP contribution in [0.4, 0.5) is 0 Å². The summed E-state index contributed by atoms with van der Waals surface area (Å²) in [7, 11) is 2.69. The van der Waals surface area contributed by atoms with Crippen molar-refractivity contribution in [3.05, 3.63) is 35.9 Å². The molecule has 0 atom stereocenters. The molecule has 96 valence electrons. The molecule has 0 heterocycles. The molecule has 1 aromatic rings. The van der Waals surface area contributed by atoms with Crippen molar-refractivity contribution >= 4 is 12.3 Å². The largest absolute Gasteiger partial charge is 0.497 e. The van der Waals surface area contributed by atoms with E-state index < -0.39 is 5.97 Å². The van der Waals surface area contributed by atoms with E-state index in [2.05, 4.69) is 11.3 Å². The second-order valence-electron chi connectivity index (χ2n) is 3.30. The maximum atomic E-state index is 11.6. The van der Waals surface area contributed by atoms with Gasteiger partial charge >= 0.3 is 5.97 Å². The van der Waals surface area contributed by atoms with E-state index in [4.69, 9.17) is 9.47 Å². The fraction of sp³-hybridized carbons (Fsp3) is 0.231. The molecular weight excluding hydrogens is 236 g/mol. The molecule has 0 spiro atoms. The lowest BCUT2D eigenvalue weighted by molar-refractivity contribution is 0.0597. The van der Waals surface area contributed by atoms with Crippen molar-refractivity contribution in [1.82, 2.24) is 0 Å². The van der Waals surface area contributed by atoms with Crippen LogP contribution in [0.3, 0.4) is 0 Å². The van der Waals surface area contributed by atoms with Crippen LogP contribution in [-0.4, -0.2) is 33.1 Å². The lowest BCUT2D eigenvalue weighted by Crippen LogP contribution is -2.08. The predicted octanol–water partition coefficient (Wildman–Crippen LogP) is 1.86. The molecule has 0 aliphatic heterocycles. The molecule has 0 aromatic heterocycles. The first-order valence-corrected chi connectivity index (χ1v) is 5.17. The molecule has 0 saturated carbocycles. The van der Waals surface area contributed by atoms with Crippen molar-refractivity contribution in [2.24, 2.45) is 0 Å². The minimum atomic E-state index is -0.626. The number of ether oxygens (including phenoxy) is 3. The van der Waals surface area contributed by atoms with Gasteiger partial charge in [-0.25, -0.2) is 4.79 Å². The van der Waals surface area contributed by atoms with Gasteiger partial charge in [-0.1, -0.05) is 12.7 Å². The van der Waals surface area contributed by atoms with Crippen LogP contribution >= 0.6 is 0 Å². The molecule has 1 aromatic carbocycles. The molecule has 5 nitrogen and oxygen atoms in total. The molecule has 1 rings (SSSR count). The molecule has 0 aliphatic carbocycles. The van der Waals surface area contributed by atoms with Gasteiger partial charge in [0, 0.05) is 6.07 Å². The summed E-state index contributed by atoms with van der Waals surface area (Å²) >= 11 is 0. The van der Waals surface area contributed by atoms with Crippen molar-refractivity contribution in [3.8, 4) is 11.5 Å². The highest BCUT2D eigenvalue weighted by molar-refractivity contribution is 6.00. The zero-order chi connectivity index (χ0) is 13.5. The number of hydrogen-bond donors (Lipinski definition) is 0. The molecule has 0 unspecified atom stereocenters. The van der Waals surface area contributed by atoms with Crippen LogP contribution in [0.25, 0.3) is 0 Å². The Kier molecular flexibility index (Phi) is 4.92. The molecule has 0 saturated heterocycles. The van der Waals surface area contributed by atoms with E-state index in [0.29, 0.717) is 12.0 Å². The Morgan fingerprint density at radius 3 is 2.61 bits per heavy atom. The quantitative estimate of drug-likeness (QED) is 0.438. The Bertz CT molecular complexity index is 465. The van der Waals surface area contributed by atoms with Gasteiger partial charge < -0.3 is 14.2 Å². The maximum absolute atomic E-state index is 11.6. The smallest absolute Gasteiger partial charge is 0.338 e. The van der Waals surface area contributed by atoms with Gasteiger partial charge in [-0.15, -0.1) is 0 Å². The van der Waals surface area contributed by atoms with Crippen molar-refractivity contribution < 1.29 is 23.8 Å². The first kappa shape index (κ1) is 13.8. The molecule has 0 N–H and O–H groups in total. The van der Waals surface area contributed by atoms with Gasteiger partial charge in [0.15, 0.2) is 6.29 Å². The molecule has 5 heteroatoms. The van der Waals surface area contributed by atoms with Gasteiger partial charge in [-0.3, -0.25) is 4.79 Å². The van der Waals surface area contributed by atoms with Crippen molar-refractivity contribution in [2.45, 2.75) is 0 Å². The highest BCUT2D eigenvalue weighted by atomic mass is 16.5. The van der Waals surface area contributed by atoms with Crippen LogP contribution in [0, 0.1) is 0 Å². The maximum Gasteiger partial charge on any atom is 0.338 e. The lowest BCUT2D eigenvalue weighted by atomic mass is 10.1. The number of carbonyl (C=O) groups excluding carboxylic acids is 2. The second-order valence-corrected chi connectivity index (χ2v) is 3.30. The topological polar surface area (TPSA) is 61.8 Å². The SMILES string of the molecule is C=CCOc1cc(OC)cc(C(=O)OC)c1C=O. The highest BCUT2D eigenvalue weighted by Gasteiger charge is 2.18.